The normalized spacial score (nSPS) is 11.8. The molecule has 0 radical (unpaired) electrons. The number of hydrogen-bond acceptors (Lipinski definition) is 1. The molecule has 2 rings (SSSR count). The summed E-state index contributed by atoms with van der Waals surface area (Å²) >= 11 is 5.45. The number of aryl methyl sites for hydroxylation is 2. The Morgan fingerprint density at radius 1 is 1.09 bits per heavy atom. The van der Waals surface area contributed by atoms with Crippen molar-refractivity contribution in [1.82, 2.24) is 5.32 Å². The zero-order chi connectivity index (χ0) is 16.7. The van der Waals surface area contributed by atoms with Gasteiger partial charge < -0.3 is 10.6 Å². The number of rotatable bonds is 6. The van der Waals surface area contributed by atoms with Crippen molar-refractivity contribution in [3.63, 3.8) is 0 Å². The van der Waals surface area contributed by atoms with Gasteiger partial charge in [0.2, 0.25) is 0 Å². The van der Waals surface area contributed by atoms with Crippen molar-refractivity contribution in [2.45, 2.75) is 33.6 Å². The van der Waals surface area contributed by atoms with Crippen LogP contribution < -0.4 is 10.6 Å². The van der Waals surface area contributed by atoms with Crippen LogP contribution in [0.5, 0.6) is 0 Å². The first-order valence-electron chi connectivity index (χ1n) is 8.24. The maximum absolute atomic E-state index is 5.45. The Balaban J connectivity index is 1.86. The van der Waals surface area contributed by atoms with Gasteiger partial charge in [-0.1, -0.05) is 55.8 Å². The number of benzene rings is 2. The van der Waals surface area contributed by atoms with Gasteiger partial charge in [-0.3, -0.25) is 0 Å². The van der Waals surface area contributed by atoms with Crippen molar-refractivity contribution in [3.05, 3.63) is 65.2 Å². The summed E-state index contributed by atoms with van der Waals surface area (Å²) in [7, 11) is 0. The molecule has 2 nitrogen and oxygen atoms in total. The third kappa shape index (κ3) is 5.68. The zero-order valence-electron chi connectivity index (χ0n) is 14.2. The second kappa shape index (κ2) is 8.68. The van der Waals surface area contributed by atoms with E-state index in [2.05, 4.69) is 79.9 Å². The molecule has 3 heteroatoms. The van der Waals surface area contributed by atoms with Gasteiger partial charge >= 0.3 is 0 Å². The Hall–Kier alpha value is -1.87. The van der Waals surface area contributed by atoms with Crippen LogP contribution in [0.25, 0.3) is 0 Å². The van der Waals surface area contributed by atoms with Gasteiger partial charge in [-0.2, -0.15) is 0 Å². The summed E-state index contributed by atoms with van der Waals surface area (Å²) < 4.78 is 0. The van der Waals surface area contributed by atoms with Crippen molar-refractivity contribution in [2.75, 3.05) is 11.9 Å². The van der Waals surface area contributed by atoms with Crippen molar-refractivity contribution in [1.29, 1.82) is 0 Å². The highest BCUT2D eigenvalue weighted by atomic mass is 32.1. The van der Waals surface area contributed by atoms with Gasteiger partial charge in [-0.15, -0.1) is 0 Å². The molecule has 0 aromatic heterocycles. The van der Waals surface area contributed by atoms with Crippen LogP contribution in [0.1, 0.15) is 30.0 Å². The molecule has 2 aromatic carbocycles. The topological polar surface area (TPSA) is 24.1 Å². The van der Waals surface area contributed by atoms with Gasteiger partial charge in [-0.05, 0) is 61.2 Å². The van der Waals surface area contributed by atoms with E-state index in [1.165, 1.54) is 16.7 Å². The first-order chi connectivity index (χ1) is 11.1. The molecule has 0 bridgehead atoms. The molecule has 2 aromatic rings. The van der Waals surface area contributed by atoms with E-state index < -0.39 is 0 Å². The lowest BCUT2D eigenvalue weighted by Crippen LogP contribution is -2.33. The van der Waals surface area contributed by atoms with E-state index in [1.807, 2.05) is 0 Å². The summed E-state index contributed by atoms with van der Waals surface area (Å²) in [5.74, 6) is 0.579. The van der Waals surface area contributed by atoms with E-state index >= 15 is 0 Å². The van der Waals surface area contributed by atoms with Crippen LogP contribution in [0.2, 0.25) is 0 Å². The summed E-state index contributed by atoms with van der Waals surface area (Å²) in [5, 5.41) is 7.38. The fraction of sp³-hybridized carbons (Fsp3) is 0.350. The Morgan fingerprint density at radius 2 is 1.83 bits per heavy atom. The Morgan fingerprint density at radius 3 is 2.52 bits per heavy atom. The lowest BCUT2D eigenvalue weighted by atomic mass is 9.97. The molecule has 0 spiro atoms. The second-order valence-electron chi connectivity index (χ2n) is 6.12. The van der Waals surface area contributed by atoms with E-state index in [1.54, 1.807) is 0 Å². The highest BCUT2D eigenvalue weighted by Crippen LogP contribution is 2.16. The summed E-state index contributed by atoms with van der Waals surface area (Å²) in [6.07, 6.45) is 2.21. The minimum atomic E-state index is 0.579. The fourth-order valence-corrected chi connectivity index (χ4v) is 2.78. The van der Waals surface area contributed by atoms with Crippen LogP contribution in [0.3, 0.4) is 0 Å². The molecule has 0 saturated carbocycles. The van der Waals surface area contributed by atoms with Crippen molar-refractivity contribution < 1.29 is 0 Å². The Bertz CT molecular complexity index is 637. The predicted molar refractivity (Wildman–Crippen MR) is 104 cm³/mol. The summed E-state index contributed by atoms with van der Waals surface area (Å²) in [5.41, 5.74) is 4.90. The smallest absolute Gasteiger partial charge is 0.170 e. The third-order valence-electron chi connectivity index (χ3n) is 4.14. The molecule has 0 saturated heterocycles. The molecule has 0 fully saturated rings. The maximum Gasteiger partial charge on any atom is 0.170 e. The third-order valence-corrected chi connectivity index (χ3v) is 4.38. The fourth-order valence-electron chi connectivity index (χ4n) is 2.58. The van der Waals surface area contributed by atoms with Gasteiger partial charge in [0.15, 0.2) is 5.11 Å². The van der Waals surface area contributed by atoms with E-state index in [4.69, 9.17) is 12.2 Å². The molecule has 0 amide bonds. The molecular weight excluding hydrogens is 300 g/mol. The summed E-state index contributed by atoms with van der Waals surface area (Å²) in [6, 6.07) is 17.0. The molecular formula is C20H26N2S. The van der Waals surface area contributed by atoms with E-state index in [9.17, 15) is 0 Å². The average molecular weight is 327 g/mol. The predicted octanol–water partition coefficient (Wildman–Crippen LogP) is 4.86. The van der Waals surface area contributed by atoms with Gasteiger partial charge in [0.1, 0.15) is 0 Å². The maximum atomic E-state index is 5.45. The molecule has 0 aliphatic heterocycles. The molecule has 0 aliphatic rings. The van der Waals surface area contributed by atoms with Crippen LogP contribution in [-0.4, -0.2) is 11.7 Å². The lowest BCUT2D eigenvalue weighted by molar-refractivity contribution is 0.498. The number of nitrogens with one attached hydrogen (secondary N) is 2. The summed E-state index contributed by atoms with van der Waals surface area (Å²) in [4.78, 5) is 0. The van der Waals surface area contributed by atoms with Crippen molar-refractivity contribution >= 4 is 23.0 Å². The molecule has 0 aliphatic carbocycles. The summed E-state index contributed by atoms with van der Waals surface area (Å²) in [6.45, 7) is 7.31. The lowest BCUT2D eigenvalue weighted by Gasteiger charge is -2.18. The molecule has 0 heterocycles. The average Bonchev–Trinajstić information content (AvgIpc) is 2.56. The highest BCUT2D eigenvalue weighted by molar-refractivity contribution is 7.80. The van der Waals surface area contributed by atoms with E-state index in [0.29, 0.717) is 11.0 Å². The largest absolute Gasteiger partial charge is 0.362 e. The monoisotopic (exact) mass is 326 g/mol. The first kappa shape index (κ1) is 17.5. The number of anilines is 1. The van der Waals surface area contributed by atoms with E-state index in [0.717, 1.165) is 25.1 Å². The van der Waals surface area contributed by atoms with Crippen molar-refractivity contribution in [2.24, 2.45) is 5.92 Å². The van der Waals surface area contributed by atoms with Crippen molar-refractivity contribution in [3.8, 4) is 0 Å². The highest BCUT2D eigenvalue weighted by Gasteiger charge is 2.09. The Kier molecular flexibility index (Phi) is 6.60. The number of thiocarbonyl (C=S) groups is 1. The van der Waals surface area contributed by atoms with Crippen LogP contribution in [0.4, 0.5) is 5.69 Å². The second-order valence-corrected chi connectivity index (χ2v) is 6.53. The first-order valence-corrected chi connectivity index (χ1v) is 8.65. The number of hydrogen-bond donors (Lipinski definition) is 2. The molecule has 2 N–H and O–H groups in total. The van der Waals surface area contributed by atoms with Gasteiger partial charge in [0, 0.05) is 12.2 Å². The van der Waals surface area contributed by atoms with Crippen LogP contribution in [-0.2, 0) is 6.42 Å². The van der Waals surface area contributed by atoms with Gasteiger partial charge in [0.05, 0.1) is 0 Å². The van der Waals surface area contributed by atoms with Crippen LogP contribution >= 0.6 is 12.2 Å². The molecule has 1 unspecified atom stereocenters. The Labute approximate surface area is 145 Å². The molecule has 23 heavy (non-hydrogen) atoms. The standard InChI is InChI=1S/C20H26N2S/c1-4-17(13-18-8-6-5-7-9-18)14-21-20(23)22-19-12-15(2)10-11-16(19)3/h5-12,17H,4,13-14H2,1-3H3,(H2,21,22,23). The minimum absolute atomic E-state index is 0.579. The molecule has 122 valence electrons. The van der Waals surface area contributed by atoms with Crippen LogP contribution in [0.15, 0.2) is 48.5 Å². The minimum Gasteiger partial charge on any atom is -0.362 e. The van der Waals surface area contributed by atoms with E-state index in [-0.39, 0.29) is 0 Å². The van der Waals surface area contributed by atoms with Gasteiger partial charge in [0.25, 0.3) is 0 Å². The van der Waals surface area contributed by atoms with Crippen LogP contribution in [0, 0.1) is 19.8 Å². The SMILES string of the molecule is CCC(CNC(=S)Nc1cc(C)ccc1C)Cc1ccccc1. The quantitative estimate of drug-likeness (QED) is 0.741. The zero-order valence-corrected chi connectivity index (χ0v) is 15.0. The van der Waals surface area contributed by atoms with Gasteiger partial charge in [-0.25, -0.2) is 0 Å². The molecule has 1 atom stereocenters.